The van der Waals surface area contributed by atoms with Crippen LogP contribution in [0.25, 0.3) is 0 Å². The molecular weight excluding hydrogens is 158 g/mol. The van der Waals surface area contributed by atoms with Crippen LogP contribution >= 0.6 is 11.6 Å². The molecule has 0 heterocycles. The standard InChI is InChI=1S/C9H18ClN/c1-6(10)4-7-8(5-11)9(7,2)3/h6-8H,4-5,11H2,1-3H3/t6-,7-,8-/m1/s1. The molecule has 0 bridgehead atoms. The summed E-state index contributed by atoms with van der Waals surface area (Å²) in [5.74, 6) is 1.48. The quantitative estimate of drug-likeness (QED) is 0.655. The fourth-order valence-corrected chi connectivity index (χ4v) is 2.34. The molecule has 0 radical (unpaired) electrons. The molecule has 1 nitrogen and oxygen atoms in total. The van der Waals surface area contributed by atoms with E-state index in [9.17, 15) is 0 Å². The maximum absolute atomic E-state index is 5.92. The van der Waals surface area contributed by atoms with Crippen molar-refractivity contribution >= 4 is 11.6 Å². The summed E-state index contributed by atoms with van der Waals surface area (Å²) in [4.78, 5) is 0. The SMILES string of the molecule is C[C@@H](Cl)C[C@@H]1[C@@H](CN)C1(C)C. The molecule has 66 valence electrons. The minimum absolute atomic E-state index is 0.302. The van der Waals surface area contributed by atoms with Crippen molar-refractivity contribution in [1.29, 1.82) is 0 Å². The molecule has 2 N–H and O–H groups in total. The molecule has 1 aliphatic carbocycles. The van der Waals surface area contributed by atoms with Gasteiger partial charge >= 0.3 is 0 Å². The van der Waals surface area contributed by atoms with Crippen LogP contribution in [0.4, 0.5) is 0 Å². The Morgan fingerprint density at radius 2 is 2.00 bits per heavy atom. The molecule has 3 atom stereocenters. The maximum atomic E-state index is 5.92. The topological polar surface area (TPSA) is 26.0 Å². The Hall–Kier alpha value is 0.250. The first-order valence-corrected chi connectivity index (χ1v) is 4.78. The van der Waals surface area contributed by atoms with E-state index in [1.54, 1.807) is 0 Å². The molecule has 0 spiro atoms. The van der Waals surface area contributed by atoms with Gasteiger partial charge in [-0.25, -0.2) is 0 Å². The lowest BCUT2D eigenvalue weighted by Gasteiger charge is -2.03. The molecule has 0 unspecified atom stereocenters. The minimum Gasteiger partial charge on any atom is -0.330 e. The Bertz CT molecular complexity index is 142. The normalized spacial score (nSPS) is 36.8. The first-order chi connectivity index (χ1) is 5.00. The van der Waals surface area contributed by atoms with Crippen LogP contribution < -0.4 is 5.73 Å². The van der Waals surface area contributed by atoms with Gasteiger partial charge in [0.25, 0.3) is 0 Å². The first kappa shape index (κ1) is 9.34. The third-order valence-corrected chi connectivity index (χ3v) is 3.30. The summed E-state index contributed by atoms with van der Waals surface area (Å²) < 4.78 is 0. The van der Waals surface area contributed by atoms with Gasteiger partial charge in [0.1, 0.15) is 0 Å². The molecular formula is C9H18ClN. The monoisotopic (exact) mass is 175 g/mol. The predicted octanol–water partition coefficient (Wildman–Crippen LogP) is 2.23. The van der Waals surface area contributed by atoms with Gasteiger partial charge in [-0.1, -0.05) is 13.8 Å². The summed E-state index contributed by atoms with van der Waals surface area (Å²) in [7, 11) is 0. The maximum Gasteiger partial charge on any atom is 0.0310 e. The Morgan fingerprint density at radius 3 is 2.27 bits per heavy atom. The highest BCUT2D eigenvalue weighted by atomic mass is 35.5. The zero-order chi connectivity index (χ0) is 8.65. The van der Waals surface area contributed by atoms with Crippen molar-refractivity contribution in [3.63, 3.8) is 0 Å². The Balaban J connectivity index is 2.39. The van der Waals surface area contributed by atoms with Gasteiger partial charge in [-0.2, -0.15) is 0 Å². The fourth-order valence-electron chi connectivity index (χ4n) is 2.14. The molecule has 1 fully saturated rings. The Labute approximate surface area is 74.3 Å². The van der Waals surface area contributed by atoms with E-state index in [1.165, 1.54) is 0 Å². The number of hydrogen-bond donors (Lipinski definition) is 1. The van der Waals surface area contributed by atoms with Crippen molar-refractivity contribution in [2.45, 2.75) is 32.6 Å². The molecule has 2 heteroatoms. The first-order valence-electron chi connectivity index (χ1n) is 4.34. The van der Waals surface area contributed by atoms with Crippen molar-refractivity contribution in [3.8, 4) is 0 Å². The van der Waals surface area contributed by atoms with Gasteiger partial charge in [-0.05, 0) is 37.1 Å². The molecule has 1 rings (SSSR count). The lowest BCUT2D eigenvalue weighted by molar-refractivity contribution is 0.521. The van der Waals surface area contributed by atoms with Crippen molar-refractivity contribution in [3.05, 3.63) is 0 Å². The Morgan fingerprint density at radius 1 is 1.45 bits per heavy atom. The van der Waals surface area contributed by atoms with Gasteiger partial charge in [0, 0.05) is 5.38 Å². The van der Waals surface area contributed by atoms with Gasteiger partial charge < -0.3 is 5.73 Å². The predicted molar refractivity (Wildman–Crippen MR) is 49.7 cm³/mol. The summed E-state index contributed by atoms with van der Waals surface area (Å²) in [5.41, 5.74) is 6.09. The van der Waals surface area contributed by atoms with E-state index in [0.717, 1.165) is 18.9 Å². The van der Waals surface area contributed by atoms with Gasteiger partial charge in [-0.3, -0.25) is 0 Å². The lowest BCUT2D eigenvalue weighted by Crippen LogP contribution is -2.05. The molecule has 0 aromatic heterocycles. The highest BCUT2D eigenvalue weighted by molar-refractivity contribution is 6.20. The van der Waals surface area contributed by atoms with Crippen molar-refractivity contribution in [2.24, 2.45) is 23.0 Å². The summed E-state index contributed by atoms with van der Waals surface area (Å²) in [6.07, 6.45) is 1.12. The smallest absolute Gasteiger partial charge is 0.0310 e. The molecule has 0 aromatic rings. The van der Waals surface area contributed by atoms with Gasteiger partial charge in [0.2, 0.25) is 0 Å². The third kappa shape index (κ3) is 1.70. The van der Waals surface area contributed by atoms with Gasteiger partial charge in [0.05, 0.1) is 0 Å². The molecule has 0 amide bonds. The largest absolute Gasteiger partial charge is 0.330 e. The minimum atomic E-state index is 0.302. The summed E-state index contributed by atoms with van der Waals surface area (Å²) >= 11 is 5.92. The van der Waals surface area contributed by atoms with Crippen LogP contribution in [0.1, 0.15) is 27.2 Å². The number of rotatable bonds is 3. The van der Waals surface area contributed by atoms with E-state index in [1.807, 2.05) is 0 Å². The fraction of sp³-hybridized carbons (Fsp3) is 1.00. The van der Waals surface area contributed by atoms with Crippen LogP contribution in [-0.2, 0) is 0 Å². The van der Waals surface area contributed by atoms with Crippen LogP contribution in [0, 0.1) is 17.3 Å². The van der Waals surface area contributed by atoms with Crippen LogP contribution in [0.3, 0.4) is 0 Å². The number of hydrogen-bond acceptors (Lipinski definition) is 1. The van der Waals surface area contributed by atoms with Crippen LogP contribution in [-0.4, -0.2) is 11.9 Å². The second-order valence-electron chi connectivity index (χ2n) is 4.29. The van der Waals surface area contributed by atoms with Crippen LogP contribution in [0.5, 0.6) is 0 Å². The van der Waals surface area contributed by atoms with E-state index in [2.05, 4.69) is 20.8 Å². The van der Waals surface area contributed by atoms with E-state index >= 15 is 0 Å². The number of nitrogens with two attached hydrogens (primary N) is 1. The zero-order valence-electron chi connectivity index (χ0n) is 7.60. The second kappa shape index (κ2) is 2.95. The summed E-state index contributed by atoms with van der Waals surface area (Å²) in [6, 6.07) is 0. The van der Waals surface area contributed by atoms with E-state index in [-0.39, 0.29) is 0 Å². The zero-order valence-corrected chi connectivity index (χ0v) is 8.36. The average Bonchev–Trinajstić information content (AvgIpc) is 2.33. The third-order valence-electron chi connectivity index (χ3n) is 3.12. The van der Waals surface area contributed by atoms with E-state index in [4.69, 9.17) is 17.3 Å². The molecule has 0 aromatic carbocycles. The van der Waals surface area contributed by atoms with E-state index < -0.39 is 0 Å². The molecule has 1 saturated carbocycles. The molecule has 11 heavy (non-hydrogen) atoms. The lowest BCUT2D eigenvalue weighted by atomic mass is 10.1. The van der Waals surface area contributed by atoms with Gasteiger partial charge in [0.15, 0.2) is 0 Å². The molecule has 1 aliphatic rings. The number of alkyl halides is 1. The summed E-state index contributed by atoms with van der Waals surface area (Å²) in [6.45, 7) is 7.45. The van der Waals surface area contributed by atoms with E-state index in [0.29, 0.717) is 16.7 Å². The summed E-state index contributed by atoms with van der Waals surface area (Å²) in [5, 5.41) is 0.302. The van der Waals surface area contributed by atoms with Crippen LogP contribution in [0.2, 0.25) is 0 Å². The van der Waals surface area contributed by atoms with Crippen molar-refractivity contribution < 1.29 is 0 Å². The van der Waals surface area contributed by atoms with Crippen LogP contribution in [0.15, 0.2) is 0 Å². The van der Waals surface area contributed by atoms with Gasteiger partial charge in [-0.15, -0.1) is 11.6 Å². The highest BCUT2D eigenvalue weighted by Crippen LogP contribution is 2.59. The average molecular weight is 176 g/mol. The van der Waals surface area contributed by atoms with Crippen molar-refractivity contribution in [2.75, 3.05) is 6.54 Å². The number of halogens is 1. The second-order valence-corrected chi connectivity index (χ2v) is 5.03. The molecule has 0 aliphatic heterocycles. The Kier molecular flexibility index (Phi) is 2.50. The molecule has 0 saturated heterocycles. The highest BCUT2D eigenvalue weighted by Gasteiger charge is 2.56. The van der Waals surface area contributed by atoms with Crippen molar-refractivity contribution in [1.82, 2.24) is 0 Å².